The summed E-state index contributed by atoms with van der Waals surface area (Å²) in [6.45, 7) is 5.18. The summed E-state index contributed by atoms with van der Waals surface area (Å²) in [5.74, 6) is -0.331. The van der Waals surface area contributed by atoms with Crippen LogP contribution in [0.4, 0.5) is 15.6 Å². The number of carbonyl (C=O) groups excluding carboxylic acids is 2. The van der Waals surface area contributed by atoms with Gasteiger partial charge in [0.15, 0.2) is 5.13 Å². The van der Waals surface area contributed by atoms with Gasteiger partial charge in [0.25, 0.3) is 0 Å². The van der Waals surface area contributed by atoms with E-state index in [1.807, 2.05) is 35.7 Å². The highest BCUT2D eigenvalue weighted by Crippen LogP contribution is 2.29. The van der Waals surface area contributed by atoms with Crippen molar-refractivity contribution in [3.8, 4) is 11.3 Å². The topological polar surface area (TPSA) is 74.3 Å². The molecule has 1 atom stereocenters. The Hall–Kier alpha value is -3.19. The molecule has 3 aromatic rings. The van der Waals surface area contributed by atoms with Crippen molar-refractivity contribution in [2.75, 3.05) is 23.7 Å². The number of nitrogens with one attached hydrogen (secondary N) is 2. The SMILES string of the molecule is Cc1ccc(-c2csc(NC(=O)C3CCCN(C(=O)Nc4ccccc4)C3)n2)c(C)c1. The number of hydrogen-bond donors (Lipinski definition) is 2. The number of hydrogen-bond acceptors (Lipinski definition) is 4. The lowest BCUT2D eigenvalue weighted by Gasteiger charge is -2.31. The molecule has 1 aliphatic rings. The van der Waals surface area contributed by atoms with Gasteiger partial charge in [-0.15, -0.1) is 11.3 Å². The molecule has 1 saturated heterocycles. The number of para-hydroxylation sites is 1. The number of thiazole rings is 1. The lowest BCUT2D eigenvalue weighted by Crippen LogP contribution is -2.45. The minimum absolute atomic E-state index is 0.0845. The molecule has 2 N–H and O–H groups in total. The fourth-order valence-electron chi connectivity index (χ4n) is 3.86. The number of rotatable bonds is 4. The zero-order valence-electron chi connectivity index (χ0n) is 17.7. The van der Waals surface area contributed by atoms with Gasteiger partial charge in [-0.2, -0.15) is 0 Å². The minimum atomic E-state index is -0.247. The van der Waals surface area contributed by atoms with Crippen LogP contribution in [0.1, 0.15) is 24.0 Å². The predicted molar refractivity (Wildman–Crippen MR) is 125 cm³/mol. The van der Waals surface area contributed by atoms with E-state index in [2.05, 4.69) is 47.7 Å². The van der Waals surface area contributed by atoms with E-state index in [0.717, 1.165) is 35.3 Å². The van der Waals surface area contributed by atoms with Gasteiger partial charge < -0.3 is 15.5 Å². The summed E-state index contributed by atoms with van der Waals surface area (Å²) in [7, 11) is 0. The van der Waals surface area contributed by atoms with Crippen LogP contribution in [-0.2, 0) is 4.79 Å². The second-order valence-electron chi connectivity index (χ2n) is 7.93. The Labute approximate surface area is 186 Å². The first kappa shape index (κ1) is 21.1. The third kappa shape index (κ3) is 5.11. The van der Waals surface area contributed by atoms with Crippen molar-refractivity contribution in [3.63, 3.8) is 0 Å². The summed E-state index contributed by atoms with van der Waals surface area (Å²) in [4.78, 5) is 31.8. The summed E-state index contributed by atoms with van der Waals surface area (Å²) < 4.78 is 0. The van der Waals surface area contributed by atoms with Gasteiger partial charge in [-0.05, 0) is 44.4 Å². The highest BCUT2D eigenvalue weighted by molar-refractivity contribution is 7.14. The average molecular weight is 435 g/mol. The largest absolute Gasteiger partial charge is 0.324 e. The van der Waals surface area contributed by atoms with E-state index in [-0.39, 0.29) is 17.9 Å². The second kappa shape index (κ2) is 9.31. The number of aromatic nitrogens is 1. The minimum Gasteiger partial charge on any atom is -0.324 e. The molecular formula is C24H26N4O2S. The molecule has 31 heavy (non-hydrogen) atoms. The molecule has 0 saturated carbocycles. The van der Waals surface area contributed by atoms with E-state index >= 15 is 0 Å². The Morgan fingerprint density at radius 3 is 2.68 bits per heavy atom. The lowest BCUT2D eigenvalue weighted by atomic mass is 9.97. The molecule has 1 fully saturated rings. The van der Waals surface area contributed by atoms with Crippen LogP contribution in [0.3, 0.4) is 0 Å². The van der Waals surface area contributed by atoms with Crippen molar-refractivity contribution >= 4 is 34.1 Å². The molecular weight excluding hydrogens is 408 g/mol. The fourth-order valence-corrected chi connectivity index (χ4v) is 4.58. The molecule has 3 amide bonds. The zero-order valence-corrected chi connectivity index (χ0v) is 18.5. The van der Waals surface area contributed by atoms with Crippen molar-refractivity contribution in [1.82, 2.24) is 9.88 Å². The molecule has 4 rings (SSSR count). The number of carbonyl (C=O) groups is 2. The van der Waals surface area contributed by atoms with Crippen LogP contribution in [0.2, 0.25) is 0 Å². The van der Waals surface area contributed by atoms with Gasteiger partial charge in [-0.25, -0.2) is 9.78 Å². The molecule has 0 aliphatic carbocycles. The monoisotopic (exact) mass is 434 g/mol. The molecule has 0 radical (unpaired) electrons. The maximum Gasteiger partial charge on any atom is 0.321 e. The zero-order chi connectivity index (χ0) is 21.8. The maximum atomic E-state index is 12.8. The van der Waals surface area contributed by atoms with Gasteiger partial charge in [-0.3, -0.25) is 4.79 Å². The number of anilines is 2. The maximum absolute atomic E-state index is 12.8. The Morgan fingerprint density at radius 2 is 1.90 bits per heavy atom. The van der Waals surface area contributed by atoms with Gasteiger partial charge in [-0.1, -0.05) is 42.0 Å². The normalized spacial score (nSPS) is 16.1. The van der Waals surface area contributed by atoms with Crippen LogP contribution in [0, 0.1) is 19.8 Å². The van der Waals surface area contributed by atoms with Crippen LogP contribution < -0.4 is 10.6 Å². The molecule has 0 bridgehead atoms. The van der Waals surface area contributed by atoms with E-state index in [1.165, 1.54) is 16.9 Å². The Bertz CT molecular complexity index is 1080. The van der Waals surface area contributed by atoms with Gasteiger partial charge in [0.1, 0.15) is 0 Å². The summed E-state index contributed by atoms with van der Waals surface area (Å²) in [6, 6.07) is 15.4. The number of likely N-dealkylation sites (tertiary alicyclic amines) is 1. The Morgan fingerprint density at radius 1 is 1.10 bits per heavy atom. The van der Waals surface area contributed by atoms with Crippen molar-refractivity contribution in [2.45, 2.75) is 26.7 Å². The molecule has 1 unspecified atom stereocenters. The third-order valence-electron chi connectivity index (χ3n) is 5.50. The van der Waals surface area contributed by atoms with Crippen LogP contribution in [0.15, 0.2) is 53.9 Å². The lowest BCUT2D eigenvalue weighted by molar-refractivity contribution is -0.121. The van der Waals surface area contributed by atoms with Crippen molar-refractivity contribution < 1.29 is 9.59 Å². The highest BCUT2D eigenvalue weighted by atomic mass is 32.1. The standard InChI is InChI=1S/C24H26N4O2S/c1-16-10-11-20(17(2)13-16)21-15-31-23(26-21)27-22(29)18-7-6-12-28(14-18)24(30)25-19-8-4-3-5-9-19/h3-5,8-11,13,15,18H,6-7,12,14H2,1-2H3,(H,25,30)(H,26,27,29). The first-order chi connectivity index (χ1) is 15.0. The van der Waals surface area contributed by atoms with Crippen molar-refractivity contribution in [3.05, 3.63) is 65.0 Å². The molecule has 1 aliphatic heterocycles. The van der Waals surface area contributed by atoms with Crippen LogP contribution in [0.5, 0.6) is 0 Å². The number of benzene rings is 2. The van der Waals surface area contributed by atoms with Crippen LogP contribution in [-0.4, -0.2) is 34.9 Å². The van der Waals surface area contributed by atoms with Gasteiger partial charge in [0, 0.05) is 29.7 Å². The first-order valence-corrected chi connectivity index (χ1v) is 11.3. The average Bonchev–Trinajstić information content (AvgIpc) is 3.22. The molecule has 2 aromatic carbocycles. The second-order valence-corrected chi connectivity index (χ2v) is 8.78. The number of aryl methyl sites for hydroxylation is 2. The fraction of sp³-hybridized carbons (Fsp3) is 0.292. The first-order valence-electron chi connectivity index (χ1n) is 10.4. The number of urea groups is 1. The van der Waals surface area contributed by atoms with Crippen molar-refractivity contribution in [1.29, 1.82) is 0 Å². The summed E-state index contributed by atoms with van der Waals surface area (Å²) in [5.41, 5.74) is 5.06. The van der Waals surface area contributed by atoms with Gasteiger partial charge in [0.2, 0.25) is 5.91 Å². The van der Waals surface area contributed by atoms with Gasteiger partial charge >= 0.3 is 6.03 Å². The van der Waals surface area contributed by atoms with E-state index in [1.54, 1.807) is 4.90 Å². The highest BCUT2D eigenvalue weighted by Gasteiger charge is 2.29. The number of piperidine rings is 1. The molecule has 2 heterocycles. The molecule has 6 nitrogen and oxygen atoms in total. The summed E-state index contributed by atoms with van der Waals surface area (Å²) in [6.07, 6.45) is 1.56. The van der Waals surface area contributed by atoms with E-state index < -0.39 is 0 Å². The smallest absolute Gasteiger partial charge is 0.321 e. The van der Waals surface area contributed by atoms with E-state index in [9.17, 15) is 9.59 Å². The third-order valence-corrected chi connectivity index (χ3v) is 6.25. The quantitative estimate of drug-likeness (QED) is 0.584. The molecule has 7 heteroatoms. The molecule has 0 spiro atoms. The van der Waals surface area contributed by atoms with Crippen LogP contribution in [0.25, 0.3) is 11.3 Å². The van der Waals surface area contributed by atoms with E-state index in [4.69, 9.17) is 0 Å². The Balaban J connectivity index is 1.37. The summed E-state index contributed by atoms with van der Waals surface area (Å²) in [5, 5.41) is 8.40. The number of nitrogens with zero attached hydrogens (tertiary/aromatic N) is 2. The van der Waals surface area contributed by atoms with Crippen molar-refractivity contribution in [2.24, 2.45) is 5.92 Å². The van der Waals surface area contributed by atoms with Crippen LogP contribution >= 0.6 is 11.3 Å². The number of amides is 3. The summed E-state index contributed by atoms with van der Waals surface area (Å²) >= 11 is 1.42. The predicted octanol–water partition coefficient (Wildman–Crippen LogP) is 5.31. The molecule has 160 valence electrons. The Kier molecular flexibility index (Phi) is 6.32. The van der Waals surface area contributed by atoms with E-state index in [0.29, 0.717) is 18.2 Å². The van der Waals surface area contributed by atoms with Gasteiger partial charge in [0.05, 0.1) is 11.6 Å². The molecule has 1 aromatic heterocycles.